The van der Waals surface area contributed by atoms with Crippen LogP contribution in [0.4, 0.5) is 5.69 Å². The molecule has 1 aromatic rings. The number of hydrogen-bond acceptors (Lipinski definition) is 4. The number of ether oxygens (including phenoxy) is 1. The van der Waals surface area contributed by atoms with E-state index < -0.39 is 17.9 Å². The standard InChI is InChI=1S/C11H14N2O4/c1-13(10(14)9(12)11(15)16)7-4-3-5-8(6-7)17-2/h3-6,9H,12H2,1-2H3,(H,15,16). The lowest BCUT2D eigenvalue weighted by molar-refractivity contribution is -0.142. The summed E-state index contributed by atoms with van der Waals surface area (Å²) in [5.41, 5.74) is 5.77. The fourth-order valence-corrected chi connectivity index (χ4v) is 1.26. The number of amides is 1. The van der Waals surface area contributed by atoms with Gasteiger partial charge in [0.15, 0.2) is 6.04 Å². The van der Waals surface area contributed by atoms with E-state index >= 15 is 0 Å². The molecule has 17 heavy (non-hydrogen) atoms. The van der Waals surface area contributed by atoms with Crippen molar-refractivity contribution >= 4 is 17.6 Å². The highest BCUT2D eigenvalue weighted by atomic mass is 16.5. The molecule has 1 amide bonds. The van der Waals surface area contributed by atoms with Crippen molar-refractivity contribution in [3.05, 3.63) is 24.3 Å². The van der Waals surface area contributed by atoms with E-state index in [1.165, 1.54) is 19.1 Å². The van der Waals surface area contributed by atoms with Gasteiger partial charge in [-0.15, -0.1) is 0 Å². The first-order valence-electron chi connectivity index (χ1n) is 4.87. The Labute approximate surface area is 98.6 Å². The summed E-state index contributed by atoms with van der Waals surface area (Å²) in [6, 6.07) is 5.14. The van der Waals surface area contributed by atoms with Gasteiger partial charge in [0.25, 0.3) is 5.91 Å². The molecule has 0 radical (unpaired) electrons. The van der Waals surface area contributed by atoms with E-state index in [-0.39, 0.29) is 0 Å². The lowest BCUT2D eigenvalue weighted by atomic mass is 10.2. The third-order valence-corrected chi connectivity index (χ3v) is 2.30. The Morgan fingerprint density at radius 1 is 1.47 bits per heavy atom. The summed E-state index contributed by atoms with van der Waals surface area (Å²) < 4.78 is 5.01. The van der Waals surface area contributed by atoms with Gasteiger partial charge in [0.05, 0.1) is 7.11 Å². The van der Waals surface area contributed by atoms with Crippen LogP contribution < -0.4 is 15.4 Å². The van der Waals surface area contributed by atoms with E-state index in [1.807, 2.05) is 0 Å². The molecule has 0 fully saturated rings. The number of anilines is 1. The third kappa shape index (κ3) is 2.94. The number of carboxylic acids is 1. The number of nitrogens with zero attached hydrogens (tertiary/aromatic N) is 1. The van der Waals surface area contributed by atoms with Gasteiger partial charge in [-0.05, 0) is 12.1 Å². The molecule has 92 valence electrons. The molecule has 0 aliphatic rings. The van der Waals surface area contributed by atoms with E-state index in [1.54, 1.807) is 24.3 Å². The maximum absolute atomic E-state index is 11.7. The van der Waals surface area contributed by atoms with Crippen molar-refractivity contribution in [2.24, 2.45) is 5.73 Å². The Morgan fingerprint density at radius 3 is 2.65 bits per heavy atom. The van der Waals surface area contributed by atoms with Gasteiger partial charge in [0, 0.05) is 18.8 Å². The molecule has 0 aromatic heterocycles. The van der Waals surface area contributed by atoms with Crippen LogP contribution in [-0.4, -0.2) is 37.2 Å². The molecule has 0 saturated heterocycles. The first kappa shape index (κ1) is 13.0. The van der Waals surface area contributed by atoms with Gasteiger partial charge in [-0.1, -0.05) is 6.07 Å². The van der Waals surface area contributed by atoms with Crippen molar-refractivity contribution in [1.29, 1.82) is 0 Å². The maximum atomic E-state index is 11.7. The maximum Gasteiger partial charge on any atom is 0.330 e. The Morgan fingerprint density at radius 2 is 2.12 bits per heavy atom. The van der Waals surface area contributed by atoms with E-state index in [0.29, 0.717) is 11.4 Å². The highest BCUT2D eigenvalue weighted by Crippen LogP contribution is 2.20. The minimum atomic E-state index is -1.56. The van der Waals surface area contributed by atoms with E-state index in [0.717, 1.165) is 0 Å². The van der Waals surface area contributed by atoms with Crippen LogP contribution in [0.5, 0.6) is 5.75 Å². The second kappa shape index (κ2) is 5.31. The predicted octanol–water partition coefficient (Wildman–Crippen LogP) is 0.0699. The predicted molar refractivity (Wildman–Crippen MR) is 62.0 cm³/mol. The second-order valence-corrected chi connectivity index (χ2v) is 3.41. The molecule has 0 aliphatic carbocycles. The van der Waals surface area contributed by atoms with E-state index in [9.17, 15) is 9.59 Å². The Balaban J connectivity index is 2.92. The van der Waals surface area contributed by atoms with Gasteiger partial charge in [-0.2, -0.15) is 0 Å². The van der Waals surface area contributed by atoms with Crippen molar-refractivity contribution in [2.75, 3.05) is 19.1 Å². The van der Waals surface area contributed by atoms with E-state index in [4.69, 9.17) is 15.6 Å². The topological polar surface area (TPSA) is 92.9 Å². The van der Waals surface area contributed by atoms with Gasteiger partial charge in [-0.25, -0.2) is 4.79 Å². The minimum absolute atomic E-state index is 0.519. The molecule has 0 aliphatic heterocycles. The summed E-state index contributed by atoms with van der Waals surface area (Å²) in [5.74, 6) is -1.47. The number of carboxylic acid groups (broad SMARTS) is 1. The SMILES string of the molecule is COc1cccc(N(C)C(=O)C(N)C(=O)O)c1. The highest BCUT2D eigenvalue weighted by Gasteiger charge is 2.25. The summed E-state index contributed by atoms with van der Waals surface area (Å²) in [4.78, 5) is 23.4. The lowest BCUT2D eigenvalue weighted by Gasteiger charge is -2.19. The number of methoxy groups -OCH3 is 1. The Kier molecular flexibility index (Phi) is 4.06. The normalized spacial score (nSPS) is 11.7. The molecule has 6 heteroatoms. The minimum Gasteiger partial charge on any atom is -0.497 e. The van der Waals surface area contributed by atoms with Crippen molar-refractivity contribution in [2.45, 2.75) is 6.04 Å². The molecular weight excluding hydrogens is 224 g/mol. The summed E-state index contributed by atoms with van der Waals surface area (Å²) >= 11 is 0. The van der Waals surface area contributed by atoms with Crippen molar-refractivity contribution < 1.29 is 19.4 Å². The van der Waals surface area contributed by atoms with Gasteiger partial charge >= 0.3 is 5.97 Å². The number of nitrogens with two attached hydrogens (primary N) is 1. The average molecular weight is 238 g/mol. The molecule has 6 nitrogen and oxygen atoms in total. The summed E-state index contributed by atoms with van der Waals surface area (Å²) in [6.07, 6.45) is 0. The monoisotopic (exact) mass is 238 g/mol. The third-order valence-electron chi connectivity index (χ3n) is 2.30. The Hall–Kier alpha value is -2.08. The van der Waals surface area contributed by atoms with Crippen molar-refractivity contribution in [3.63, 3.8) is 0 Å². The average Bonchev–Trinajstić information content (AvgIpc) is 2.36. The number of likely N-dealkylation sites (N-methyl/N-ethyl adjacent to an activating group) is 1. The largest absolute Gasteiger partial charge is 0.497 e. The second-order valence-electron chi connectivity index (χ2n) is 3.41. The number of hydrogen-bond donors (Lipinski definition) is 2. The molecule has 1 atom stereocenters. The van der Waals surface area contributed by atoms with Gasteiger partial charge < -0.3 is 20.5 Å². The van der Waals surface area contributed by atoms with Crippen LogP contribution in [0.15, 0.2) is 24.3 Å². The van der Waals surface area contributed by atoms with Crippen LogP contribution in [0.25, 0.3) is 0 Å². The lowest BCUT2D eigenvalue weighted by Crippen LogP contribution is -2.46. The smallest absolute Gasteiger partial charge is 0.330 e. The van der Waals surface area contributed by atoms with Crippen LogP contribution >= 0.6 is 0 Å². The van der Waals surface area contributed by atoms with Crippen molar-refractivity contribution in [3.8, 4) is 5.75 Å². The fourth-order valence-electron chi connectivity index (χ4n) is 1.26. The number of carbonyl (C=O) groups is 2. The molecule has 1 unspecified atom stereocenters. The van der Waals surface area contributed by atoms with Crippen LogP contribution in [-0.2, 0) is 9.59 Å². The summed E-state index contributed by atoms with van der Waals surface area (Å²) in [7, 11) is 2.96. The molecular formula is C11H14N2O4. The van der Waals surface area contributed by atoms with Gasteiger partial charge in [0.1, 0.15) is 5.75 Å². The fraction of sp³-hybridized carbons (Fsp3) is 0.273. The highest BCUT2D eigenvalue weighted by molar-refractivity contribution is 6.08. The van der Waals surface area contributed by atoms with Crippen LogP contribution in [0, 0.1) is 0 Å². The molecule has 1 aromatic carbocycles. The van der Waals surface area contributed by atoms with Crippen LogP contribution in [0.2, 0.25) is 0 Å². The van der Waals surface area contributed by atoms with Crippen LogP contribution in [0.3, 0.4) is 0 Å². The number of aliphatic carboxylic acids is 1. The number of carbonyl (C=O) groups excluding carboxylic acids is 1. The molecule has 1 rings (SSSR count). The van der Waals surface area contributed by atoms with E-state index in [2.05, 4.69) is 0 Å². The molecule has 0 saturated carbocycles. The molecule has 0 heterocycles. The zero-order chi connectivity index (χ0) is 13.0. The number of benzene rings is 1. The first-order chi connectivity index (χ1) is 7.97. The van der Waals surface area contributed by atoms with Crippen molar-refractivity contribution in [1.82, 2.24) is 0 Å². The quantitative estimate of drug-likeness (QED) is 0.724. The molecule has 0 bridgehead atoms. The zero-order valence-corrected chi connectivity index (χ0v) is 9.58. The summed E-state index contributed by atoms with van der Waals surface area (Å²) in [6.45, 7) is 0. The zero-order valence-electron chi connectivity index (χ0n) is 9.58. The van der Waals surface area contributed by atoms with Gasteiger partial charge in [0.2, 0.25) is 0 Å². The molecule has 3 N–H and O–H groups in total. The summed E-state index contributed by atoms with van der Waals surface area (Å²) in [5, 5.41) is 8.65. The first-order valence-corrected chi connectivity index (χ1v) is 4.87. The molecule has 0 spiro atoms. The van der Waals surface area contributed by atoms with Crippen LogP contribution in [0.1, 0.15) is 0 Å². The number of rotatable bonds is 4. The Bertz CT molecular complexity index is 433. The van der Waals surface area contributed by atoms with Gasteiger partial charge in [-0.3, -0.25) is 4.79 Å².